The van der Waals surface area contributed by atoms with Crippen LogP contribution in [-0.4, -0.2) is 43.1 Å². The number of hydrogen-bond acceptors (Lipinski definition) is 6. The number of carbonyl (C=O) groups is 2. The quantitative estimate of drug-likeness (QED) is 0.693. The molecule has 0 radical (unpaired) electrons. The molecule has 4 rings (SSSR count). The van der Waals surface area contributed by atoms with Gasteiger partial charge in [-0.15, -0.1) is 0 Å². The van der Waals surface area contributed by atoms with Crippen molar-refractivity contribution in [2.24, 2.45) is 0 Å². The number of aromatic nitrogens is 1. The number of nitrogens with zero attached hydrogens (tertiary/aromatic N) is 2. The van der Waals surface area contributed by atoms with Crippen molar-refractivity contribution >= 4 is 29.2 Å². The summed E-state index contributed by atoms with van der Waals surface area (Å²) in [5.74, 6) is -0.786. The standard InChI is InChI=1S/C21H20N4O4/c26-19(15-4-2-1-3-5-15)24-21-23-18(14-29-21)20(27)22-16-6-8-17(9-7-16)25-10-12-28-13-11-25/h1-9,14H,10-13H2,(H,22,27)(H,23,24,26). The molecule has 2 N–H and O–H groups in total. The molecule has 0 saturated carbocycles. The Morgan fingerprint density at radius 2 is 1.62 bits per heavy atom. The topological polar surface area (TPSA) is 96.7 Å². The van der Waals surface area contributed by atoms with Crippen molar-refractivity contribution in [2.45, 2.75) is 0 Å². The molecule has 8 heteroatoms. The van der Waals surface area contributed by atoms with Crippen molar-refractivity contribution in [3.05, 3.63) is 72.1 Å². The highest BCUT2D eigenvalue weighted by Gasteiger charge is 2.16. The largest absolute Gasteiger partial charge is 0.431 e. The van der Waals surface area contributed by atoms with Crippen molar-refractivity contribution in [1.29, 1.82) is 0 Å². The average molecular weight is 392 g/mol. The average Bonchev–Trinajstić information content (AvgIpc) is 3.24. The molecule has 1 aromatic heterocycles. The lowest BCUT2D eigenvalue weighted by atomic mass is 10.2. The van der Waals surface area contributed by atoms with Crippen LogP contribution in [0, 0.1) is 0 Å². The van der Waals surface area contributed by atoms with Gasteiger partial charge in [-0.2, -0.15) is 4.98 Å². The molecule has 8 nitrogen and oxygen atoms in total. The van der Waals surface area contributed by atoms with Gasteiger partial charge in [-0.3, -0.25) is 14.9 Å². The zero-order valence-corrected chi connectivity index (χ0v) is 15.6. The Kier molecular flexibility index (Phi) is 5.53. The molecular weight excluding hydrogens is 372 g/mol. The smallest absolute Gasteiger partial charge is 0.302 e. The van der Waals surface area contributed by atoms with Crippen molar-refractivity contribution in [2.75, 3.05) is 41.8 Å². The third-order valence-corrected chi connectivity index (χ3v) is 4.49. The molecule has 0 spiro atoms. The molecule has 0 bridgehead atoms. The molecule has 2 aromatic carbocycles. The number of anilines is 3. The van der Waals surface area contributed by atoms with E-state index < -0.39 is 5.91 Å². The van der Waals surface area contributed by atoms with Crippen LogP contribution in [0.15, 0.2) is 65.3 Å². The highest BCUT2D eigenvalue weighted by atomic mass is 16.5. The Morgan fingerprint density at radius 1 is 0.897 bits per heavy atom. The van der Waals surface area contributed by atoms with E-state index in [-0.39, 0.29) is 17.6 Å². The van der Waals surface area contributed by atoms with Crippen LogP contribution in [0.3, 0.4) is 0 Å². The zero-order valence-electron chi connectivity index (χ0n) is 15.6. The van der Waals surface area contributed by atoms with Crippen molar-refractivity contribution < 1.29 is 18.7 Å². The molecule has 0 aliphatic carbocycles. The fourth-order valence-electron chi connectivity index (χ4n) is 2.97. The van der Waals surface area contributed by atoms with Gasteiger partial charge in [0.15, 0.2) is 5.69 Å². The number of amides is 2. The molecule has 1 saturated heterocycles. The number of oxazole rings is 1. The van der Waals surface area contributed by atoms with Gasteiger partial charge in [0.05, 0.1) is 13.2 Å². The van der Waals surface area contributed by atoms with E-state index in [9.17, 15) is 9.59 Å². The summed E-state index contributed by atoms with van der Waals surface area (Å²) in [5.41, 5.74) is 2.27. The van der Waals surface area contributed by atoms with Crippen LogP contribution in [0.25, 0.3) is 0 Å². The van der Waals surface area contributed by atoms with Crippen LogP contribution >= 0.6 is 0 Å². The lowest BCUT2D eigenvalue weighted by molar-refractivity contribution is 0.101. The van der Waals surface area contributed by atoms with Gasteiger partial charge < -0.3 is 19.4 Å². The first-order valence-electron chi connectivity index (χ1n) is 9.25. The SMILES string of the molecule is O=C(Nc1nc(C(=O)Nc2ccc(N3CCOCC3)cc2)co1)c1ccccc1. The van der Waals surface area contributed by atoms with Gasteiger partial charge in [0, 0.05) is 30.0 Å². The first-order chi connectivity index (χ1) is 14.2. The van der Waals surface area contributed by atoms with Gasteiger partial charge in [0.2, 0.25) is 0 Å². The molecule has 0 atom stereocenters. The minimum atomic E-state index is -0.423. The maximum absolute atomic E-state index is 12.4. The lowest BCUT2D eigenvalue weighted by Crippen LogP contribution is -2.36. The summed E-state index contributed by atoms with van der Waals surface area (Å²) in [6.45, 7) is 3.13. The Bertz CT molecular complexity index is 979. The van der Waals surface area contributed by atoms with Crippen LogP contribution in [0.1, 0.15) is 20.8 Å². The molecule has 1 fully saturated rings. The van der Waals surface area contributed by atoms with Crippen LogP contribution in [0.2, 0.25) is 0 Å². The maximum atomic E-state index is 12.4. The molecule has 148 valence electrons. The van der Waals surface area contributed by atoms with E-state index in [1.165, 1.54) is 6.26 Å². The van der Waals surface area contributed by atoms with Crippen LogP contribution in [0.4, 0.5) is 17.4 Å². The summed E-state index contributed by atoms with van der Waals surface area (Å²) in [6.07, 6.45) is 1.21. The monoisotopic (exact) mass is 392 g/mol. The molecule has 3 aromatic rings. The Balaban J connectivity index is 1.36. The normalized spacial score (nSPS) is 13.7. The Hall–Kier alpha value is -3.65. The van der Waals surface area contributed by atoms with Gasteiger partial charge in [-0.05, 0) is 36.4 Å². The predicted octanol–water partition coefficient (Wildman–Crippen LogP) is 3.02. The summed E-state index contributed by atoms with van der Waals surface area (Å²) in [7, 11) is 0. The van der Waals surface area contributed by atoms with E-state index in [2.05, 4.69) is 20.5 Å². The van der Waals surface area contributed by atoms with E-state index in [0.29, 0.717) is 24.5 Å². The van der Waals surface area contributed by atoms with Gasteiger partial charge in [-0.1, -0.05) is 18.2 Å². The van der Waals surface area contributed by atoms with Crippen molar-refractivity contribution in [3.63, 3.8) is 0 Å². The van der Waals surface area contributed by atoms with E-state index in [0.717, 1.165) is 18.8 Å². The number of ether oxygens (including phenoxy) is 1. The number of benzene rings is 2. The Morgan fingerprint density at radius 3 is 2.34 bits per heavy atom. The highest BCUT2D eigenvalue weighted by molar-refractivity contribution is 6.05. The molecule has 0 unspecified atom stereocenters. The van der Waals surface area contributed by atoms with E-state index in [1.54, 1.807) is 24.3 Å². The minimum Gasteiger partial charge on any atom is -0.431 e. The second kappa shape index (κ2) is 8.57. The summed E-state index contributed by atoms with van der Waals surface area (Å²) in [4.78, 5) is 30.8. The Labute approximate surface area is 167 Å². The van der Waals surface area contributed by atoms with Crippen molar-refractivity contribution in [3.8, 4) is 0 Å². The zero-order chi connectivity index (χ0) is 20.1. The van der Waals surface area contributed by atoms with Crippen LogP contribution in [-0.2, 0) is 4.74 Å². The summed E-state index contributed by atoms with van der Waals surface area (Å²) in [6, 6.07) is 16.2. The molecular formula is C21H20N4O4. The fourth-order valence-corrected chi connectivity index (χ4v) is 2.97. The third kappa shape index (κ3) is 4.61. The fraction of sp³-hybridized carbons (Fsp3) is 0.190. The van der Waals surface area contributed by atoms with Gasteiger partial charge >= 0.3 is 6.01 Å². The molecule has 1 aliphatic heterocycles. The minimum absolute atomic E-state index is 0.0355. The first-order valence-corrected chi connectivity index (χ1v) is 9.25. The summed E-state index contributed by atoms with van der Waals surface area (Å²) < 4.78 is 10.5. The summed E-state index contributed by atoms with van der Waals surface area (Å²) in [5, 5.41) is 5.30. The predicted molar refractivity (Wildman–Crippen MR) is 108 cm³/mol. The van der Waals surface area contributed by atoms with Gasteiger partial charge in [0.25, 0.3) is 11.8 Å². The molecule has 1 aliphatic rings. The van der Waals surface area contributed by atoms with Crippen LogP contribution in [0.5, 0.6) is 0 Å². The van der Waals surface area contributed by atoms with E-state index in [4.69, 9.17) is 9.15 Å². The van der Waals surface area contributed by atoms with Crippen LogP contribution < -0.4 is 15.5 Å². The molecule has 29 heavy (non-hydrogen) atoms. The molecule has 2 heterocycles. The first kappa shape index (κ1) is 18.7. The van der Waals surface area contributed by atoms with E-state index in [1.807, 2.05) is 30.3 Å². The number of carbonyl (C=O) groups excluding carboxylic acids is 2. The second-order valence-corrected chi connectivity index (χ2v) is 6.46. The molecule has 2 amide bonds. The second-order valence-electron chi connectivity index (χ2n) is 6.46. The van der Waals surface area contributed by atoms with Crippen molar-refractivity contribution in [1.82, 2.24) is 4.98 Å². The number of morpholine rings is 1. The summed E-state index contributed by atoms with van der Waals surface area (Å²) >= 11 is 0. The lowest BCUT2D eigenvalue weighted by Gasteiger charge is -2.28. The van der Waals surface area contributed by atoms with Gasteiger partial charge in [0.1, 0.15) is 6.26 Å². The number of rotatable bonds is 5. The maximum Gasteiger partial charge on any atom is 0.302 e. The highest BCUT2D eigenvalue weighted by Crippen LogP contribution is 2.20. The van der Waals surface area contributed by atoms with Gasteiger partial charge in [-0.25, -0.2) is 0 Å². The number of hydrogen-bond donors (Lipinski definition) is 2. The third-order valence-electron chi connectivity index (χ3n) is 4.49. The van der Waals surface area contributed by atoms with E-state index >= 15 is 0 Å². The number of nitrogens with one attached hydrogen (secondary N) is 2.